The Balaban J connectivity index is 1.37. The summed E-state index contributed by atoms with van der Waals surface area (Å²) in [7, 11) is 0. The van der Waals surface area contributed by atoms with Gasteiger partial charge in [0.2, 0.25) is 5.95 Å². The first kappa shape index (κ1) is 23.6. The van der Waals surface area contributed by atoms with E-state index in [0.29, 0.717) is 37.1 Å². The lowest BCUT2D eigenvalue weighted by Crippen LogP contribution is -2.47. The van der Waals surface area contributed by atoms with Crippen LogP contribution in [0.5, 0.6) is 0 Å². The summed E-state index contributed by atoms with van der Waals surface area (Å²) < 4.78 is 38.5. The van der Waals surface area contributed by atoms with E-state index in [1.165, 1.54) is 18.3 Å². The number of alkyl halides is 3. The Morgan fingerprint density at radius 3 is 2.44 bits per heavy atom. The number of nitrogens with one attached hydrogen (secondary N) is 2. The number of benzene rings is 2. The molecule has 0 spiro atoms. The number of nitrogens with zero attached hydrogens (tertiary/aromatic N) is 3. The molecule has 3 aromatic rings. The second kappa shape index (κ2) is 9.76. The van der Waals surface area contributed by atoms with Crippen molar-refractivity contribution in [1.82, 2.24) is 15.3 Å². The summed E-state index contributed by atoms with van der Waals surface area (Å²) in [5.41, 5.74) is -0.443. The van der Waals surface area contributed by atoms with Gasteiger partial charge in [0.25, 0.3) is 11.5 Å². The van der Waals surface area contributed by atoms with Crippen LogP contribution in [0.4, 0.5) is 24.8 Å². The van der Waals surface area contributed by atoms with Crippen LogP contribution in [0.15, 0.2) is 59.5 Å². The van der Waals surface area contributed by atoms with Crippen molar-refractivity contribution in [3.8, 4) is 0 Å². The third-order valence-corrected chi connectivity index (χ3v) is 5.83. The zero-order chi connectivity index (χ0) is 24.3. The van der Waals surface area contributed by atoms with Gasteiger partial charge < -0.3 is 15.1 Å². The number of amides is 1. The Bertz CT molecular complexity index is 1240. The van der Waals surface area contributed by atoms with Gasteiger partial charge in [-0.15, -0.1) is 0 Å². The van der Waals surface area contributed by atoms with E-state index in [9.17, 15) is 22.8 Å². The molecular formula is C23H21ClF3N5O2. The van der Waals surface area contributed by atoms with Gasteiger partial charge >= 0.3 is 6.18 Å². The maximum atomic E-state index is 12.8. The lowest BCUT2D eigenvalue weighted by Gasteiger charge is -2.36. The van der Waals surface area contributed by atoms with E-state index in [1.807, 2.05) is 29.2 Å². The number of piperazine rings is 1. The molecule has 7 nitrogen and oxygen atoms in total. The van der Waals surface area contributed by atoms with E-state index in [4.69, 9.17) is 11.6 Å². The predicted octanol–water partition coefficient (Wildman–Crippen LogP) is 3.70. The molecule has 2 heterocycles. The average molecular weight is 492 g/mol. The molecule has 0 unspecified atom stereocenters. The molecule has 1 aliphatic rings. The van der Waals surface area contributed by atoms with Crippen LogP contribution in [0.25, 0.3) is 0 Å². The number of carbonyl (C=O) groups is 1. The van der Waals surface area contributed by atoms with Gasteiger partial charge in [0, 0.05) is 38.9 Å². The van der Waals surface area contributed by atoms with Crippen LogP contribution in [0.1, 0.15) is 21.5 Å². The van der Waals surface area contributed by atoms with Crippen molar-refractivity contribution in [2.75, 3.05) is 36.0 Å². The van der Waals surface area contributed by atoms with Crippen LogP contribution in [0, 0.1) is 0 Å². The maximum absolute atomic E-state index is 12.8. The maximum Gasteiger partial charge on any atom is 0.416 e. The smallest absolute Gasteiger partial charge is 0.367 e. The minimum atomic E-state index is -4.48. The molecule has 34 heavy (non-hydrogen) atoms. The summed E-state index contributed by atoms with van der Waals surface area (Å²) in [6.45, 7) is 2.37. The van der Waals surface area contributed by atoms with Crippen LogP contribution >= 0.6 is 11.6 Å². The first-order chi connectivity index (χ1) is 16.2. The number of halogens is 4. The summed E-state index contributed by atoms with van der Waals surface area (Å²) in [4.78, 5) is 35.8. The molecule has 4 rings (SSSR count). The number of hydrogen-bond donors (Lipinski definition) is 2. The van der Waals surface area contributed by atoms with Crippen molar-refractivity contribution in [1.29, 1.82) is 0 Å². The van der Waals surface area contributed by atoms with Crippen molar-refractivity contribution in [3.05, 3.63) is 86.8 Å². The molecule has 0 aliphatic carbocycles. The number of hydrogen-bond acceptors (Lipinski definition) is 5. The van der Waals surface area contributed by atoms with Crippen LogP contribution in [0.2, 0.25) is 5.02 Å². The van der Waals surface area contributed by atoms with Crippen molar-refractivity contribution in [2.45, 2.75) is 12.7 Å². The Morgan fingerprint density at radius 1 is 1.06 bits per heavy atom. The van der Waals surface area contributed by atoms with E-state index in [0.717, 1.165) is 17.8 Å². The Morgan fingerprint density at radius 2 is 1.76 bits per heavy atom. The second-order valence-corrected chi connectivity index (χ2v) is 8.16. The quantitative estimate of drug-likeness (QED) is 0.569. The first-order valence-corrected chi connectivity index (χ1v) is 10.9. The molecule has 1 saturated heterocycles. The van der Waals surface area contributed by atoms with Crippen LogP contribution in [-0.2, 0) is 12.7 Å². The molecule has 1 aliphatic heterocycles. The standard InChI is InChI=1S/C23H21ClF3N5O2/c24-18-6-1-2-7-19(18)31-8-10-32(11-9-31)22-29-14-17(21(34)30-22)20(33)28-13-15-4-3-5-16(12-15)23(25,26)27/h1-7,12,14H,8-11,13H2,(H,28,33)(H,29,30,34). The zero-order valence-electron chi connectivity index (χ0n) is 17.9. The molecule has 1 aromatic heterocycles. The van der Waals surface area contributed by atoms with Crippen LogP contribution in [0.3, 0.4) is 0 Å². The number of aromatic amines is 1. The van der Waals surface area contributed by atoms with Gasteiger partial charge in [-0.1, -0.05) is 35.9 Å². The fourth-order valence-corrected chi connectivity index (χ4v) is 3.97. The van der Waals surface area contributed by atoms with Gasteiger partial charge in [0.1, 0.15) is 5.56 Å². The van der Waals surface area contributed by atoms with Crippen molar-refractivity contribution < 1.29 is 18.0 Å². The highest BCUT2D eigenvalue weighted by Crippen LogP contribution is 2.29. The van der Waals surface area contributed by atoms with E-state index in [2.05, 4.69) is 20.2 Å². The molecule has 1 amide bonds. The molecule has 178 valence electrons. The van der Waals surface area contributed by atoms with Gasteiger partial charge in [-0.25, -0.2) is 4.98 Å². The highest BCUT2D eigenvalue weighted by atomic mass is 35.5. The molecule has 0 atom stereocenters. The second-order valence-electron chi connectivity index (χ2n) is 7.76. The topological polar surface area (TPSA) is 81.3 Å². The molecule has 1 fully saturated rings. The van der Waals surface area contributed by atoms with Gasteiger partial charge in [-0.05, 0) is 29.8 Å². The fraction of sp³-hybridized carbons (Fsp3) is 0.261. The lowest BCUT2D eigenvalue weighted by atomic mass is 10.1. The molecule has 2 N–H and O–H groups in total. The van der Waals surface area contributed by atoms with E-state index in [-0.39, 0.29) is 17.7 Å². The minimum absolute atomic E-state index is 0.159. The zero-order valence-corrected chi connectivity index (χ0v) is 18.7. The van der Waals surface area contributed by atoms with Gasteiger partial charge in [0.05, 0.1) is 16.3 Å². The van der Waals surface area contributed by atoms with Gasteiger partial charge in [0.15, 0.2) is 0 Å². The number of anilines is 2. The van der Waals surface area contributed by atoms with Gasteiger partial charge in [-0.3, -0.25) is 14.6 Å². The molecule has 0 bridgehead atoms. The highest BCUT2D eigenvalue weighted by Gasteiger charge is 2.30. The summed E-state index contributed by atoms with van der Waals surface area (Å²) in [5, 5.41) is 3.13. The average Bonchev–Trinajstić information content (AvgIpc) is 2.82. The number of rotatable bonds is 5. The number of para-hydroxylation sites is 1. The fourth-order valence-electron chi connectivity index (χ4n) is 3.71. The molecular weight excluding hydrogens is 471 g/mol. The summed E-state index contributed by atoms with van der Waals surface area (Å²) in [6.07, 6.45) is -3.30. The van der Waals surface area contributed by atoms with Crippen molar-refractivity contribution in [2.24, 2.45) is 0 Å². The first-order valence-electron chi connectivity index (χ1n) is 10.5. The third kappa shape index (κ3) is 5.33. The number of carbonyl (C=O) groups excluding carboxylic acids is 1. The normalized spacial score (nSPS) is 14.2. The summed E-state index contributed by atoms with van der Waals surface area (Å²) >= 11 is 6.27. The van der Waals surface area contributed by atoms with E-state index < -0.39 is 23.2 Å². The van der Waals surface area contributed by atoms with Crippen molar-refractivity contribution in [3.63, 3.8) is 0 Å². The SMILES string of the molecule is O=C(NCc1cccc(C(F)(F)F)c1)c1cnc(N2CCN(c3ccccc3Cl)CC2)[nH]c1=O. The monoisotopic (exact) mass is 491 g/mol. The molecule has 11 heteroatoms. The van der Waals surface area contributed by atoms with Crippen LogP contribution < -0.4 is 20.7 Å². The number of H-pyrrole nitrogens is 1. The lowest BCUT2D eigenvalue weighted by molar-refractivity contribution is -0.137. The molecule has 0 radical (unpaired) electrons. The van der Waals surface area contributed by atoms with Crippen molar-refractivity contribution >= 4 is 29.1 Å². The minimum Gasteiger partial charge on any atom is -0.367 e. The molecule has 2 aromatic carbocycles. The number of aromatic nitrogens is 2. The Kier molecular flexibility index (Phi) is 6.78. The highest BCUT2D eigenvalue weighted by molar-refractivity contribution is 6.33. The Hall–Kier alpha value is -3.53. The predicted molar refractivity (Wildman–Crippen MR) is 123 cm³/mol. The molecule has 0 saturated carbocycles. The summed E-state index contributed by atoms with van der Waals surface area (Å²) in [5.74, 6) is -0.375. The summed E-state index contributed by atoms with van der Waals surface area (Å²) in [6, 6.07) is 12.2. The van der Waals surface area contributed by atoms with Crippen LogP contribution in [-0.4, -0.2) is 42.1 Å². The Labute approximate surface area is 198 Å². The van der Waals surface area contributed by atoms with E-state index in [1.54, 1.807) is 0 Å². The largest absolute Gasteiger partial charge is 0.416 e. The van der Waals surface area contributed by atoms with Gasteiger partial charge in [-0.2, -0.15) is 13.2 Å². The van der Waals surface area contributed by atoms with E-state index >= 15 is 0 Å². The third-order valence-electron chi connectivity index (χ3n) is 5.51.